The van der Waals surface area contributed by atoms with Crippen molar-refractivity contribution < 1.29 is 14.2 Å². The van der Waals surface area contributed by atoms with Crippen LogP contribution in [0.25, 0.3) is 0 Å². The van der Waals surface area contributed by atoms with Gasteiger partial charge in [0.15, 0.2) is 0 Å². The fraction of sp³-hybridized carbons (Fsp3) is 0.538. The Morgan fingerprint density at radius 1 is 1.47 bits per heavy atom. The fourth-order valence-corrected chi connectivity index (χ4v) is 2.38. The Kier molecular flexibility index (Phi) is 3.97. The van der Waals surface area contributed by atoms with Crippen molar-refractivity contribution in [1.82, 2.24) is 5.32 Å². The quantitative estimate of drug-likeness (QED) is 0.846. The maximum absolute atomic E-state index is 13.0. The highest BCUT2D eigenvalue weighted by atomic mass is 19.1. The highest BCUT2D eigenvalue weighted by Gasteiger charge is 2.26. The predicted octanol–water partition coefficient (Wildman–Crippen LogP) is 2.19. The predicted molar refractivity (Wildman–Crippen MR) is 63.3 cm³/mol. The molecule has 0 saturated heterocycles. The summed E-state index contributed by atoms with van der Waals surface area (Å²) in [6.07, 6.45) is 3.49. The van der Waals surface area contributed by atoms with E-state index in [4.69, 9.17) is 4.74 Å². The number of rotatable bonds is 4. The fourth-order valence-electron chi connectivity index (χ4n) is 2.38. The first kappa shape index (κ1) is 12.3. The Bertz CT molecular complexity index is 384. The molecule has 1 saturated carbocycles. The van der Waals surface area contributed by atoms with E-state index in [-0.39, 0.29) is 17.7 Å². The van der Waals surface area contributed by atoms with Crippen LogP contribution in [0, 0.1) is 5.82 Å². The number of hydrogen-bond acceptors (Lipinski definition) is 3. The molecule has 2 unspecified atom stereocenters. The SMILES string of the molecule is COC1CCCC1NCc1cc(F)ccc1O. The van der Waals surface area contributed by atoms with Crippen LogP contribution in [0.1, 0.15) is 24.8 Å². The van der Waals surface area contributed by atoms with E-state index in [1.165, 1.54) is 18.2 Å². The molecule has 0 bridgehead atoms. The molecule has 17 heavy (non-hydrogen) atoms. The minimum atomic E-state index is -0.325. The molecule has 0 amide bonds. The van der Waals surface area contributed by atoms with E-state index in [1.807, 2.05) is 0 Å². The molecule has 0 aromatic heterocycles. The first-order chi connectivity index (χ1) is 8.20. The smallest absolute Gasteiger partial charge is 0.123 e. The lowest BCUT2D eigenvalue weighted by Gasteiger charge is -2.19. The molecule has 2 atom stereocenters. The van der Waals surface area contributed by atoms with Gasteiger partial charge in [-0.3, -0.25) is 0 Å². The number of nitrogens with one attached hydrogen (secondary N) is 1. The van der Waals surface area contributed by atoms with Crippen LogP contribution in [-0.2, 0) is 11.3 Å². The van der Waals surface area contributed by atoms with Crippen LogP contribution in [0.3, 0.4) is 0 Å². The van der Waals surface area contributed by atoms with Crippen molar-refractivity contribution >= 4 is 0 Å². The van der Waals surface area contributed by atoms with Crippen LogP contribution in [0.5, 0.6) is 5.75 Å². The largest absolute Gasteiger partial charge is 0.508 e. The lowest BCUT2D eigenvalue weighted by molar-refractivity contribution is 0.0846. The zero-order valence-electron chi connectivity index (χ0n) is 9.95. The van der Waals surface area contributed by atoms with Crippen LogP contribution in [0.2, 0.25) is 0 Å². The van der Waals surface area contributed by atoms with Crippen LogP contribution in [0.15, 0.2) is 18.2 Å². The number of ether oxygens (including phenoxy) is 1. The van der Waals surface area contributed by atoms with Gasteiger partial charge in [-0.05, 0) is 37.5 Å². The van der Waals surface area contributed by atoms with Gasteiger partial charge < -0.3 is 15.2 Å². The maximum atomic E-state index is 13.0. The first-order valence-electron chi connectivity index (χ1n) is 5.94. The van der Waals surface area contributed by atoms with E-state index in [1.54, 1.807) is 7.11 Å². The summed E-state index contributed by atoms with van der Waals surface area (Å²) in [6, 6.07) is 4.29. The summed E-state index contributed by atoms with van der Waals surface area (Å²) >= 11 is 0. The van der Waals surface area contributed by atoms with E-state index in [0.717, 1.165) is 19.3 Å². The number of aromatic hydroxyl groups is 1. The second kappa shape index (κ2) is 5.47. The van der Waals surface area contributed by atoms with Gasteiger partial charge in [0, 0.05) is 25.3 Å². The second-order valence-electron chi connectivity index (χ2n) is 4.47. The van der Waals surface area contributed by atoms with Gasteiger partial charge in [-0.15, -0.1) is 0 Å². The maximum Gasteiger partial charge on any atom is 0.123 e. The highest BCUT2D eigenvalue weighted by Crippen LogP contribution is 2.23. The van der Waals surface area contributed by atoms with Crippen LogP contribution < -0.4 is 5.32 Å². The normalized spacial score (nSPS) is 24.1. The molecule has 3 nitrogen and oxygen atoms in total. The molecule has 1 aromatic carbocycles. The summed E-state index contributed by atoms with van der Waals surface area (Å²) in [4.78, 5) is 0. The van der Waals surface area contributed by atoms with E-state index < -0.39 is 0 Å². The van der Waals surface area contributed by atoms with Gasteiger partial charge >= 0.3 is 0 Å². The Labute approximate surface area is 101 Å². The third-order valence-electron chi connectivity index (χ3n) is 3.35. The number of methoxy groups -OCH3 is 1. The molecule has 1 aliphatic rings. The van der Waals surface area contributed by atoms with Crippen molar-refractivity contribution in [3.63, 3.8) is 0 Å². The first-order valence-corrected chi connectivity index (χ1v) is 5.94. The van der Waals surface area contributed by atoms with Crippen LogP contribution >= 0.6 is 0 Å². The van der Waals surface area contributed by atoms with Crippen molar-refractivity contribution in [1.29, 1.82) is 0 Å². The lowest BCUT2D eigenvalue weighted by atomic mass is 10.1. The minimum Gasteiger partial charge on any atom is -0.508 e. The minimum absolute atomic E-state index is 0.130. The number of phenols is 1. The number of halogens is 1. The molecule has 0 radical (unpaired) electrons. The van der Waals surface area contributed by atoms with Crippen molar-refractivity contribution in [2.75, 3.05) is 7.11 Å². The van der Waals surface area contributed by atoms with E-state index in [0.29, 0.717) is 18.2 Å². The van der Waals surface area contributed by atoms with Crippen LogP contribution in [0.4, 0.5) is 4.39 Å². The summed E-state index contributed by atoms with van der Waals surface area (Å²) < 4.78 is 18.4. The third kappa shape index (κ3) is 2.96. The van der Waals surface area contributed by atoms with Gasteiger partial charge in [-0.1, -0.05) is 0 Å². The Morgan fingerprint density at radius 3 is 3.06 bits per heavy atom. The molecule has 0 aliphatic heterocycles. The molecule has 2 N–H and O–H groups in total. The van der Waals surface area contributed by atoms with Crippen molar-refractivity contribution in [2.24, 2.45) is 0 Å². The monoisotopic (exact) mass is 239 g/mol. The van der Waals surface area contributed by atoms with Gasteiger partial charge in [0.05, 0.1) is 6.10 Å². The van der Waals surface area contributed by atoms with Crippen LogP contribution in [-0.4, -0.2) is 24.4 Å². The summed E-state index contributed by atoms with van der Waals surface area (Å²) in [6.45, 7) is 0.466. The van der Waals surface area contributed by atoms with Gasteiger partial charge in [0.25, 0.3) is 0 Å². The summed E-state index contributed by atoms with van der Waals surface area (Å²) in [5, 5.41) is 12.9. The average Bonchev–Trinajstić information content (AvgIpc) is 2.77. The number of benzene rings is 1. The molecular formula is C13H18FNO2. The Balaban J connectivity index is 1.95. The Hall–Kier alpha value is -1.13. The molecule has 1 aliphatic carbocycles. The molecule has 94 valence electrons. The van der Waals surface area contributed by atoms with Gasteiger partial charge in [-0.25, -0.2) is 4.39 Å². The summed E-state index contributed by atoms with van der Waals surface area (Å²) in [7, 11) is 1.71. The third-order valence-corrected chi connectivity index (χ3v) is 3.35. The topological polar surface area (TPSA) is 41.5 Å². The molecule has 1 fully saturated rings. The molecule has 4 heteroatoms. The summed E-state index contributed by atoms with van der Waals surface area (Å²) in [5.41, 5.74) is 0.590. The van der Waals surface area contributed by atoms with Crippen molar-refractivity contribution in [3.05, 3.63) is 29.6 Å². The van der Waals surface area contributed by atoms with Crippen molar-refractivity contribution in [2.45, 2.75) is 38.0 Å². The molecule has 0 heterocycles. The zero-order valence-corrected chi connectivity index (χ0v) is 9.95. The average molecular weight is 239 g/mol. The van der Waals surface area contributed by atoms with E-state index in [9.17, 15) is 9.50 Å². The Morgan fingerprint density at radius 2 is 2.29 bits per heavy atom. The summed E-state index contributed by atoms with van der Waals surface area (Å²) in [5.74, 6) is -0.194. The zero-order chi connectivity index (χ0) is 12.3. The second-order valence-corrected chi connectivity index (χ2v) is 4.47. The standard InChI is InChI=1S/C13H18FNO2/c1-17-13-4-2-3-11(13)15-8-9-7-10(14)5-6-12(9)16/h5-7,11,13,15-16H,2-4,8H2,1H3. The molecular weight excluding hydrogens is 221 g/mol. The molecule has 0 spiro atoms. The molecule has 1 aromatic rings. The lowest BCUT2D eigenvalue weighted by Crippen LogP contribution is -2.36. The van der Waals surface area contributed by atoms with Gasteiger partial charge in [0.2, 0.25) is 0 Å². The van der Waals surface area contributed by atoms with Gasteiger partial charge in [-0.2, -0.15) is 0 Å². The van der Waals surface area contributed by atoms with E-state index in [2.05, 4.69) is 5.32 Å². The van der Waals surface area contributed by atoms with Crippen molar-refractivity contribution in [3.8, 4) is 5.75 Å². The van der Waals surface area contributed by atoms with Gasteiger partial charge in [0.1, 0.15) is 11.6 Å². The number of phenolic OH excluding ortho intramolecular Hbond substituents is 1. The van der Waals surface area contributed by atoms with E-state index >= 15 is 0 Å². The highest BCUT2D eigenvalue weighted by molar-refractivity contribution is 5.32. The molecule has 2 rings (SSSR count). The number of hydrogen-bond donors (Lipinski definition) is 2.